The minimum absolute atomic E-state index is 0.402. The molecule has 2 aromatic rings. The van der Waals surface area contributed by atoms with Crippen LogP contribution in [0.25, 0.3) is 0 Å². The summed E-state index contributed by atoms with van der Waals surface area (Å²) >= 11 is 1.78. The normalized spacial score (nSPS) is 12.2. The summed E-state index contributed by atoms with van der Waals surface area (Å²) in [5, 5.41) is 9.45. The van der Waals surface area contributed by atoms with Crippen molar-refractivity contribution in [1.82, 2.24) is 0 Å². The SMILES string of the molecule is COc1ccc(CSc2ccc(C(C)O)cc2)cc1. The van der Waals surface area contributed by atoms with E-state index >= 15 is 0 Å². The van der Waals surface area contributed by atoms with Crippen LogP contribution in [0.4, 0.5) is 0 Å². The highest BCUT2D eigenvalue weighted by atomic mass is 32.2. The van der Waals surface area contributed by atoms with Gasteiger partial charge in [-0.15, -0.1) is 11.8 Å². The Morgan fingerprint density at radius 3 is 2.21 bits per heavy atom. The second-order valence-corrected chi connectivity index (χ2v) is 5.43. The summed E-state index contributed by atoms with van der Waals surface area (Å²) in [4.78, 5) is 1.21. The first kappa shape index (κ1) is 14.0. The molecule has 0 fully saturated rings. The molecule has 0 aliphatic carbocycles. The van der Waals surface area contributed by atoms with Crippen molar-refractivity contribution in [3.05, 3.63) is 59.7 Å². The molecule has 1 N–H and O–H groups in total. The molecule has 2 rings (SSSR count). The smallest absolute Gasteiger partial charge is 0.118 e. The topological polar surface area (TPSA) is 29.5 Å². The molecule has 0 bridgehead atoms. The van der Waals surface area contributed by atoms with Crippen LogP contribution in [0.15, 0.2) is 53.4 Å². The molecular formula is C16H18O2S. The molecule has 0 saturated heterocycles. The number of hydrogen-bond donors (Lipinski definition) is 1. The molecule has 0 aromatic heterocycles. The zero-order chi connectivity index (χ0) is 13.7. The van der Waals surface area contributed by atoms with Gasteiger partial charge in [0.05, 0.1) is 13.2 Å². The fraction of sp³-hybridized carbons (Fsp3) is 0.250. The van der Waals surface area contributed by atoms with E-state index in [0.717, 1.165) is 17.1 Å². The maximum atomic E-state index is 9.45. The predicted octanol–water partition coefficient (Wildman–Crippen LogP) is 4.04. The van der Waals surface area contributed by atoms with Gasteiger partial charge in [-0.25, -0.2) is 0 Å². The molecular weight excluding hydrogens is 256 g/mol. The molecule has 0 amide bonds. The zero-order valence-corrected chi connectivity index (χ0v) is 12.0. The van der Waals surface area contributed by atoms with Crippen molar-refractivity contribution in [2.75, 3.05) is 7.11 Å². The highest BCUT2D eigenvalue weighted by molar-refractivity contribution is 7.98. The van der Waals surface area contributed by atoms with E-state index in [0.29, 0.717) is 0 Å². The van der Waals surface area contributed by atoms with E-state index in [1.165, 1.54) is 10.5 Å². The second-order valence-electron chi connectivity index (χ2n) is 4.38. The Morgan fingerprint density at radius 1 is 1.05 bits per heavy atom. The quantitative estimate of drug-likeness (QED) is 0.834. The summed E-state index contributed by atoms with van der Waals surface area (Å²) in [7, 11) is 1.67. The van der Waals surface area contributed by atoms with Crippen molar-refractivity contribution in [1.29, 1.82) is 0 Å². The average molecular weight is 274 g/mol. The maximum absolute atomic E-state index is 9.45. The predicted molar refractivity (Wildman–Crippen MR) is 79.6 cm³/mol. The molecule has 3 heteroatoms. The molecule has 0 spiro atoms. The third-order valence-corrected chi connectivity index (χ3v) is 4.01. The minimum Gasteiger partial charge on any atom is -0.497 e. The third-order valence-electron chi connectivity index (χ3n) is 2.93. The van der Waals surface area contributed by atoms with Gasteiger partial charge in [0.15, 0.2) is 0 Å². The zero-order valence-electron chi connectivity index (χ0n) is 11.2. The number of ether oxygens (including phenoxy) is 1. The van der Waals surface area contributed by atoms with Crippen molar-refractivity contribution < 1.29 is 9.84 Å². The number of aliphatic hydroxyl groups is 1. The Hall–Kier alpha value is -1.45. The first-order chi connectivity index (χ1) is 9.19. The Kier molecular flexibility index (Phi) is 4.88. The summed E-state index contributed by atoms with van der Waals surface area (Å²) in [6.45, 7) is 1.78. The van der Waals surface area contributed by atoms with Gasteiger partial charge in [0.1, 0.15) is 5.75 Å². The second kappa shape index (κ2) is 6.64. The van der Waals surface area contributed by atoms with Crippen LogP contribution in [-0.2, 0) is 5.75 Å². The fourth-order valence-corrected chi connectivity index (χ4v) is 2.59. The fourth-order valence-electron chi connectivity index (χ4n) is 1.73. The maximum Gasteiger partial charge on any atom is 0.118 e. The van der Waals surface area contributed by atoms with Gasteiger partial charge < -0.3 is 9.84 Å². The van der Waals surface area contributed by atoms with E-state index in [2.05, 4.69) is 24.3 Å². The third kappa shape index (κ3) is 4.01. The standard InChI is InChI=1S/C16H18O2S/c1-12(17)14-5-9-16(10-6-14)19-11-13-3-7-15(18-2)8-4-13/h3-10,12,17H,11H2,1-2H3. The van der Waals surface area contributed by atoms with E-state index in [1.54, 1.807) is 25.8 Å². The summed E-state index contributed by atoms with van der Waals surface area (Å²) in [5.74, 6) is 1.81. The lowest BCUT2D eigenvalue weighted by molar-refractivity contribution is 0.199. The summed E-state index contributed by atoms with van der Waals surface area (Å²) in [5.41, 5.74) is 2.22. The largest absolute Gasteiger partial charge is 0.497 e. The number of benzene rings is 2. The van der Waals surface area contributed by atoms with Crippen LogP contribution >= 0.6 is 11.8 Å². The van der Waals surface area contributed by atoms with E-state index < -0.39 is 6.10 Å². The van der Waals surface area contributed by atoms with E-state index in [-0.39, 0.29) is 0 Å². The average Bonchev–Trinajstić information content (AvgIpc) is 2.46. The van der Waals surface area contributed by atoms with Gasteiger partial charge in [0.25, 0.3) is 0 Å². The Morgan fingerprint density at radius 2 is 1.68 bits per heavy atom. The highest BCUT2D eigenvalue weighted by Crippen LogP contribution is 2.25. The van der Waals surface area contributed by atoms with Crippen molar-refractivity contribution in [3.63, 3.8) is 0 Å². The van der Waals surface area contributed by atoms with Crippen LogP contribution < -0.4 is 4.74 Å². The first-order valence-corrected chi connectivity index (χ1v) is 7.21. The number of aliphatic hydroxyl groups excluding tert-OH is 1. The molecule has 0 aliphatic rings. The van der Waals surface area contributed by atoms with Crippen LogP contribution in [0.1, 0.15) is 24.2 Å². The van der Waals surface area contributed by atoms with Gasteiger partial charge in [0, 0.05) is 10.6 Å². The lowest BCUT2D eigenvalue weighted by Gasteiger charge is -2.07. The van der Waals surface area contributed by atoms with Gasteiger partial charge >= 0.3 is 0 Å². The minimum atomic E-state index is -0.402. The van der Waals surface area contributed by atoms with Crippen LogP contribution in [0.2, 0.25) is 0 Å². The van der Waals surface area contributed by atoms with Gasteiger partial charge in [-0.2, -0.15) is 0 Å². The van der Waals surface area contributed by atoms with Gasteiger partial charge in [-0.05, 0) is 42.3 Å². The van der Waals surface area contributed by atoms with Crippen LogP contribution in [0, 0.1) is 0 Å². The highest BCUT2D eigenvalue weighted by Gasteiger charge is 2.01. The van der Waals surface area contributed by atoms with Gasteiger partial charge in [-0.1, -0.05) is 24.3 Å². The van der Waals surface area contributed by atoms with E-state index in [9.17, 15) is 5.11 Å². The molecule has 0 saturated carbocycles. The number of thioether (sulfide) groups is 1. The van der Waals surface area contributed by atoms with Crippen LogP contribution in [0.5, 0.6) is 5.75 Å². The number of hydrogen-bond acceptors (Lipinski definition) is 3. The van der Waals surface area contributed by atoms with Crippen LogP contribution in [0.3, 0.4) is 0 Å². The molecule has 2 nitrogen and oxygen atoms in total. The number of rotatable bonds is 5. The van der Waals surface area contributed by atoms with Crippen molar-refractivity contribution >= 4 is 11.8 Å². The number of methoxy groups -OCH3 is 1. The summed E-state index contributed by atoms with van der Waals surface area (Å²) < 4.78 is 5.14. The lowest BCUT2D eigenvalue weighted by Crippen LogP contribution is -1.89. The molecule has 0 radical (unpaired) electrons. The lowest BCUT2D eigenvalue weighted by atomic mass is 10.1. The van der Waals surface area contributed by atoms with Crippen LogP contribution in [-0.4, -0.2) is 12.2 Å². The summed E-state index contributed by atoms with van der Waals surface area (Å²) in [6, 6.07) is 16.2. The van der Waals surface area contributed by atoms with Crippen molar-refractivity contribution in [3.8, 4) is 5.75 Å². The molecule has 100 valence electrons. The van der Waals surface area contributed by atoms with E-state index in [1.807, 2.05) is 24.3 Å². The Bertz CT molecular complexity index is 503. The van der Waals surface area contributed by atoms with Gasteiger partial charge in [-0.3, -0.25) is 0 Å². The summed E-state index contributed by atoms with van der Waals surface area (Å²) in [6.07, 6.45) is -0.402. The molecule has 1 unspecified atom stereocenters. The molecule has 0 heterocycles. The van der Waals surface area contributed by atoms with Gasteiger partial charge in [0.2, 0.25) is 0 Å². The van der Waals surface area contributed by atoms with Crippen molar-refractivity contribution in [2.45, 2.75) is 23.7 Å². The van der Waals surface area contributed by atoms with E-state index in [4.69, 9.17) is 4.74 Å². The molecule has 0 aliphatic heterocycles. The molecule has 19 heavy (non-hydrogen) atoms. The molecule has 2 aromatic carbocycles. The molecule has 1 atom stereocenters. The Labute approximate surface area is 118 Å². The first-order valence-electron chi connectivity index (χ1n) is 6.23. The Balaban J connectivity index is 1.94. The monoisotopic (exact) mass is 274 g/mol. The van der Waals surface area contributed by atoms with Crippen molar-refractivity contribution in [2.24, 2.45) is 0 Å².